The third-order valence-electron chi connectivity index (χ3n) is 5.48. The second-order valence-corrected chi connectivity index (χ2v) is 7.44. The van der Waals surface area contributed by atoms with Crippen molar-refractivity contribution in [1.82, 2.24) is 9.97 Å². The molecule has 6 rings (SSSR count). The van der Waals surface area contributed by atoms with Gasteiger partial charge in [0.25, 0.3) is 0 Å². The highest BCUT2D eigenvalue weighted by Gasteiger charge is 2.19. The molecule has 5 heterocycles. The van der Waals surface area contributed by atoms with E-state index in [1.165, 1.54) is 0 Å². The summed E-state index contributed by atoms with van der Waals surface area (Å²) in [5.74, 6) is 3.05. The zero-order valence-electron chi connectivity index (χ0n) is 16.8. The number of aliphatic imine (C=N–C) groups is 1. The van der Waals surface area contributed by atoms with Crippen LogP contribution in [0.5, 0.6) is 5.75 Å². The van der Waals surface area contributed by atoms with Crippen LogP contribution in [0.2, 0.25) is 0 Å². The van der Waals surface area contributed by atoms with Gasteiger partial charge < -0.3 is 14.1 Å². The van der Waals surface area contributed by atoms with Crippen LogP contribution in [0.1, 0.15) is 5.56 Å². The SMILES string of the molecule is CN1CCOc2cc(-c3ccnc4cc(-c5ccc(C6=NCN=N6)cc5)oc34)cnc21. The number of pyridine rings is 2. The molecule has 0 bridgehead atoms. The fourth-order valence-electron chi connectivity index (χ4n) is 3.85. The number of hydrogen-bond donors (Lipinski definition) is 0. The Morgan fingerprint density at radius 2 is 1.84 bits per heavy atom. The van der Waals surface area contributed by atoms with Gasteiger partial charge in [-0.3, -0.25) is 4.98 Å². The average molecular weight is 410 g/mol. The topological polar surface area (TPSA) is 88.5 Å². The lowest BCUT2D eigenvalue weighted by Gasteiger charge is -2.26. The van der Waals surface area contributed by atoms with E-state index < -0.39 is 0 Å². The van der Waals surface area contributed by atoms with Crippen molar-refractivity contribution in [2.24, 2.45) is 15.2 Å². The van der Waals surface area contributed by atoms with Gasteiger partial charge in [0.15, 0.2) is 29.7 Å². The number of hydrogen-bond acceptors (Lipinski definition) is 8. The Hall–Kier alpha value is -4.07. The highest BCUT2D eigenvalue weighted by molar-refractivity contribution is 6.00. The lowest BCUT2D eigenvalue weighted by atomic mass is 10.1. The second kappa shape index (κ2) is 7.02. The van der Waals surface area contributed by atoms with E-state index in [-0.39, 0.29) is 0 Å². The van der Waals surface area contributed by atoms with E-state index in [0.717, 1.165) is 57.2 Å². The molecule has 0 spiro atoms. The summed E-state index contributed by atoms with van der Waals surface area (Å²) < 4.78 is 12.1. The van der Waals surface area contributed by atoms with Crippen molar-refractivity contribution in [3.8, 4) is 28.2 Å². The molecule has 0 atom stereocenters. The maximum Gasteiger partial charge on any atom is 0.178 e. The van der Waals surface area contributed by atoms with Gasteiger partial charge in [-0.25, -0.2) is 9.98 Å². The molecule has 0 unspecified atom stereocenters. The van der Waals surface area contributed by atoms with Crippen molar-refractivity contribution in [3.05, 3.63) is 60.4 Å². The number of amidine groups is 1. The first kappa shape index (κ1) is 17.8. The van der Waals surface area contributed by atoms with E-state index in [2.05, 4.69) is 30.1 Å². The van der Waals surface area contributed by atoms with Gasteiger partial charge in [0.05, 0.1) is 6.54 Å². The summed E-state index contributed by atoms with van der Waals surface area (Å²) in [6.07, 6.45) is 3.64. The van der Waals surface area contributed by atoms with Crippen LogP contribution in [0.25, 0.3) is 33.6 Å². The van der Waals surface area contributed by atoms with E-state index in [1.54, 1.807) is 6.20 Å². The maximum absolute atomic E-state index is 6.26. The molecule has 4 aromatic rings. The van der Waals surface area contributed by atoms with Crippen molar-refractivity contribution in [1.29, 1.82) is 0 Å². The lowest BCUT2D eigenvalue weighted by molar-refractivity contribution is 0.309. The monoisotopic (exact) mass is 410 g/mol. The maximum atomic E-state index is 6.26. The van der Waals surface area contributed by atoms with Crippen molar-refractivity contribution >= 4 is 22.8 Å². The van der Waals surface area contributed by atoms with Gasteiger partial charge in [0, 0.05) is 47.8 Å². The number of likely N-dealkylation sites (N-methyl/N-ethyl adjacent to an activating group) is 1. The summed E-state index contributed by atoms with van der Waals surface area (Å²) in [5.41, 5.74) is 5.27. The molecular weight excluding hydrogens is 392 g/mol. The Morgan fingerprint density at radius 3 is 2.68 bits per heavy atom. The molecule has 2 aliphatic rings. The minimum atomic E-state index is 0.397. The first-order valence-electron chi connectivity index (χ1n) is 10.0. The quantitative estimate of drug-likeness (QED) is 0.494. The fourth-order valence-corrected chi connectivity index (χ4v) is 3.85. The molecule has 0 N–H and O–H groups in total. The number of anilines is 1. The standard InChI is InChI=1S/C23H18N6O2/c1-29-8-9-30-20-10-16(12-25-23(20)29)17-6-7-24-18-11-19(31-21(17)18)14-2-4-15(5-3-14)22-26-13-27-28-22/h2-7,10-12H,8-9,13H2,1H3. The van der Waals surface area contributed by atoms with Crippen LogP contribution in [0, 0.1) is 0 Å². The molecule has 2 aliphatic heterocycles. The van der Waals surface area contributed by atoms with Crippen LogP contribution < -0.4 is 9.64 Å². The third kappa shape index (κ3) is 3.04. The Morgan fingerprint density at radius 1 is 0.968 bits per heavy atom. The predicted octanol–water partition coefficient (Wildman–Crippen LogP) is 4.56. The van der Waals surface area contributed by atoms with Crippen LogP contribution in [-0.2, 0) is 0 Å². The van der Waals surface area contributed by atoms with E-state index >= 15 is 0 Å². The number of aromatic nitrogens is 2. The minimum absolute atomic E-state index is 0.397. The van der Waals surface area contributed by atoms with E-state index in [0.29, 0.717) is 19.1 Å². The van der Waals surface area contributed by atoms with Gasteiger partial charge >= 0.3 is 0 Å². The summed E-state index contributed by atoms with van der Waals surface area (Å²) in [6.45, 7) is 1.87. The summed E-state index contributed by atoms with van der Waals surface area (Å²) in [5, 5.41) is 7.94. The summed E-state index contributed by atoms with van der Waals surface area (Å²) in [6, 6.07) is 13.8. The summed E-state index contributed by atoms with van der Waals surface area (Å²) >= 11 is 0. The number of benzene rings is 1. The molecule has 3 aromatic heterocycles. The predicted molar refractivity (Wildman–Crippen MR) is 118 cm³/mol. The molecule has 0 amide bonds. The van der Waals surface area contributed by atoms with E-state index in [1.807, 2.05) is 55.7 Å². The first-order valence-corrected chi connectivity index (χ1v) is 10.0. The molecule has 31 heavy (non-hydrogen) atoms. The highest BCUT2D eigenvalue weighted by Crippen LogP contribution is 2.37. The number of fused-ring (bicyclic) bond motifs is 2. The Labute approximate surface area is 177 Å². The molecule has 8 nitrogen and oxygen atoms in total. The van der Waals surface area contributed by atoms with Crippen molar-refractivity contribution in [2.45, 2.75) is 0 Å². The number of nitrogens with zero attached hydrogens (tertiary/aromatic N) is 6. The normalized spacial score (nSPS) is 15.1. The van der Waals surface area contributed by atoms with Crippen molar-refractivity contribution in [3.63, 3.8) is 0 Å². The molecule has 152 valence electrons. The van der Waals surface area contributed by atoms with Gasteiger partial charge in [0.1, 0.15) is 17.9 Å². The summed E-state index contributed by atoms with van der Waals surface area (Å²) in [7, 11) is 2.02. The summed E-state index contributed by atoms with van der Waals surface area (Å²) in [4.78, 5) is 15.4. The Balaban J connectivity index is 1.39. The number of rotatable bonds is 3. The molecule has 0 saturated carbocycles. The minimum Gasteiger partial charge on any atom is -0.488 e. The van der Waals surface area contributed by atoms with Gasteiger partial charge in [-0.2, -0.15) is 5.11 Å². The smallest absolute Gasteiger partial charge is 0.178 e. The van der Waals surface area contributed by atoms with Crippen molar-refractivity contribution in [2.75, 3.05) is 31.8 Å². The van der Waals surface area contributed by atoms with Gasteiger partial charge in [-0.1, -0.05) is 24.3 Å². The number of furan rings is 1. The number of azo groups is 1. The van der Waals surface area contributed by atoms with E-state index in [4.69, 9.17) is 9.15 Å². The van der Waals surface area contributed by atoms with Crippen molar-refractivity contribution < 1.29 is 9.15 Å². The molecule has 0 fully saturated rings. The van der Waals surface area contributed by atoms with E-state index in [9.17, 15) is 0 Å². The van der Waals surface area contributed by atoms with Crippen LogP contribution >= 0.6 is 0 Å². The Kier molecular flexibility index (Phi) is 4.02. The fraction of sp³-hybridized carbons (Fsp3) is 0.174. The molecule has 0 saturated heterocycles. The highest BCUT2D eigenvalue weighted by atomic mass is 16.5. The third-order valence-corrected chi connectivity index (χ3v) is 5.48. The molecule has 8 heteroatoms. The van der Waals surface area contributed by atoms with Crippen LogP contribution in [0.3, 0.4) is 0 Å². The largest absolute Gasteiger partial charge is 0.488 e. The van der Waals surface area contributed by atoms with Gasteiger partial charge in [-0.05, 0) is 12.1 Å². The van der Waals surface area contributed by atoms with Gasteiger partial charge in [-0.15, -0.1) is 5.11 Å². The zero-order chi connectivity index (χ0) is 20.8. The molecular formula is C23H18N6O2. The molecule has 0 aliphatic carbocycles. The van der Waals surface area contributed by atoms with Crippen LogP contribution in [0.4, 0.5) is 5.82 Å². The molecule has 1 aromatic carbocycles. The van der Waals surface area contributed by atoms with Crippen LogP contribution in [-0.4, -0.2) is 42.7 Å². The number of ether oxygens (including phenoxy) is 1. The molecule has 0 radical (unpaired) electrons. The second-order valence-electron chi connectivity index (χ2n) is 7.44. The Bertz CT molecular complexity index is 1360. The zero-order valence-corrected chi connectivity index (χ0v) is 16.8. The van der Waals surface area contributed by atoms with Crippen LogP contribution in [0.15, 0.2) is 74.5 Å². The first-order chi connectivity index (χ1) is 15.3. The van der Waals surface area contributed by atoms with Gasteiger partial charge in [0.2, 0.25) is 0 Å². The average Bonchev–Trinajstić information content (AvgIpc) is 3.49. The lowest BCUT2D eigenvalue weighted by Crippen LogP contribution is -2.29.